The first-order chi connectivity index (χ1) is 11.4. The van der Waals surface area contributed by atoms with Crippen LogP contribution in [0.5, 0.6) is 0 Å². The highest BCUT2D eigenvalue weighted by molar-refractivity contribution is 5.24. The van der Waals surface area contributed by atoms with Gasteiger partial charge in [-0.2, -0.15) is 5.06 Å². The number of benzene rings is 2. The molecule has 0 amide bonds. The summed E-state index contributed by atoms with van der Waals surface area (Å²) in [7, 11) is 0. The zero-order valence-electron chi connectivity index (χ0n) is 13.3. The molecule has 1 aliphatic heterocycles. The van der Waals surface area contributed by atoms with Crippen LogP contribution in [0.2, 0.25) is 0 Å². The van der Waals surface area contributed by atoms with Crippen molar-refractivity contribution in [3.63, 3.8) is 0 Å². The first kappa shape index (κ1) is 13.8. The Balaban J connectivity index is 1.49. The predicted molar refractivity (Wildman–Crippen MR) is 90.4 cm³/mol. The smallest absolute Gasteiger partial charge is 0.0871 e. The van der Waals surface area contributed by atoms with Crippen LogP contribution in [-0.2, 0) is 11.4 Å². The first-order valence-corrected chi connectivity index (χ1v) is 8.92. The van der Waals surface area contributed by atoms with E-state index in [1.807, 2.05) is 0 Å². The van der Waals surface area contributed by atoms with Crippen LogP contribution < -0.4 is 0 Å². The lowest BCUT2D eigenvalue weighted by Crippen LogP contribution is -2.27. The minimum Gasteiger partial charge on any atom is -0.294 e. The number of hydroxylamine groups is 2. The van der Waals surface area contributed by atoms with E-state index >= 15 is 0 Å². The Morgan fingerprint density at radius 1 is 0.870 bits per heavy atom. The third-order valence-electron chi connectivity index (χ3n) is 6.16. The molecule has 3 fully saturated rings. The standard InChI is InChI=1S/C21H23NO/c1-3-7-15(8-4-1)14-22-20(16-9-5-2-6-10-16)19-17-11-12-18(13-17)21(19)23-22/h1-10,17-21H,11-14H2/t17-,18+,19-,20-,21-/m0/s1. The van der Waals surface area contributed by atoms with Crippen molar-refractivity contribution in [1.29, 1.82) is 0 Å². The highest BCUT2D eigenvalue weighted by atomic mass is 16.7. The highest BCUT2D eigenvalue weighted by Gasteiger charge is 2.57. The van der Waals surface area contributed by atoms with Gasteiger partial charge in [0, 0.05) is 12.5 Å². The molecule has 2 nitrogen and oxygen atoms in total. The first-order valence-electron chi connectivity index (χ1n) is 8.92. The number of rotatable bonds is 3. The summed E-state index contributed by atoms with van der Waals surface area (Å²) in [6.45, 7) is 0.882. The molecular weight excluding hydrogens is 282 g/mol. The fourth-order valence-corrected chi connectivity index (χ4v) is 5.23. The average molecular weight is 305 g/mol. The summed E-state index contributed by atoms with van der Waals surface area (Å²) >= 11 is 0. The van der Waals surface area contributed by atoms with E-state index in [1.54, 1.807) is 0 Å². The molecule has 118 valence electrons. The summed E-state index contributed by atoms with van der Waals surface area (Å²) < 4.78 is 0. The molecule has 2 heteroatoms. The number of nitrogens with zero attached hydrogens (tertiary/aromatic N) is 1. The molecule has 0 aromatic heterocycles. The van der Waals surface area contributed by atoms with Gasteiger partial charge in [0.15, 0.2) is 0 Å². The summed E-state index contributed by atoms with van der Waals surface area (Å²) in [5, 5.41) is 2.28. The lowest BCUT2D eigenvalue weighted by molar-refractivity contribution is -0.181. The van der Waals surface area contributed by atoms with Gasteiger partial charge in [-0.05, 0) is 42.2 Å². The summed E-state index contributed by atoms with van der Waals surface area (Å²) in [4.78, 5) is 6.52. The van der Waals surface area contributed by atoms with E-state index in [2.05, 4.69) is 65.7 Å². The van der Waals surface area contributed by atoms with E-state index in [-0.39, 0.29) is 0 Å². The van der Waals surface area contributed by atoms with Gasteiger partial charge in [0.05, 0.1) is 12.1 Å². The Morgan fingerprint density at radius 2 is 1.57 bits per heavy atom. The monoisotopic (exact) mass is 305 g/mol. The normalized spacial score (nSPS) is 35.6. The quantitative estimate of drug-likeness (QED) is 0.822. The second-order valence-electron chi connectivity index (χ2n) is 7.40. The zero-order chi connectivity index (χ0) is 15.2. The Labute approximate surface area is 138 Å². The highest BCUT2D eigenvalue weighted by Crippen LogP contribution is 2.59. The second-order valence-corrected chi connectivity index (χ2v) is 7.40. The second kappa shape index (κ2) is 5.47. The molecule has 0 radical (unpaired) electrons. The lowest BCUT2D eigenvalue weighted by atomic mass is 9.79. The Hall–Kier alpha value is -1.64. The van der Waals surface area contributed by atoms with Gasteiger partial charge in [0.2, 0.25) is 0 Å². The molecule has 0 spiro atoms. The van der Waals surface area contributed by atoms with E-state index in [4.69, 9.17) is 4.84 Å². The Kier molecular flexibility index (Phi) is 3.27. The fraction of sp³-hybridized carbons (Fsp3) is 0.429. The van der Waals surface area contributed by atoms with Crippen molar-refractivity contribution in [2.45, 2.75) is 38.0 Å². The molecule has 1 heterocycles. The van der Waals surface area contributed by atoms with Crippen molar-refractivity contribution in [3.8, 4) is 0 Å². The van der Waals surface area contributed by atoms with E-state index in [0.717, 1.165) is 18.4 Å². The van der Waals surface area contributed by atoms with Crippen LogP contribution in [0.1, 0.15) is 36.4 Å². The SMILES string of the molecule is c1ccc(CN2O[C@H]3[C@@H]4CC[C@@H](C4)[C@H]3[C@@H]2c2ccccc2)cc1. The third-order valence-corrected chi connectivity index (χ3v) is 6.16. The molecule has 2 bridgehead atoms. The Bertz CT molecular complexity index is 671. The summed E-state index contributed by atoms with van der Waals surface area (Å²) in [5.74, 6) is 2.33. The molecule has 5 rings (SSSR count). The van der Waals surface area contributed by atoms with E-state index < -0.39 is 0 Å². The van der Waals surface area contributed by atoms with E-state index in [1.165, 1.54) is 30.4 Å². The number of hydrogen-bond acceptors (Lipinski definition) is 2. The van der Waals surface area contributed by atoms with Crippen molar-refractivity contribution in [2.24, 2.45) is 17.8 Å². The largest absolute Gasteiger partial charge is 0.294 e. The van der Waals surface area contributed by atoms with Crippen LogP contribution in [0.25, 0.3) is 0 Å². The van der Waals surface area contributed by atoms with Crippen LogP contribution in [0.15, 0.2) is 60.7 Å². The van der Waals surface area contributed by atoms with Crippen LogP contribution in [-0.4, -0.2) is 11.2 Å². The number of hydrogen-bond donors (Lipinski definition) is 0. The lowest BCUT2D eigenvalue weighted by Gasteiger charge is -2.28. The molecular formula is C21H23NO. The molecule has 0 N–H and O–H groups in total. The van der Waals surface area contributed by atoms with Crippen LogP contribution in [0, 0.1) is 17.8 Å². The maximum Gasteiger partial charge on any atom is 0.0871 e. The summed E-state index contributed by atoms with van der Waals surface area (Å²) in [5.41, 5.74) is 2.75. The van der Waals surface area contributed by atoms with Gasteiger partial charge < -0.3 is 0 Å². The van der Waals surface area contributed by atoms with Crippen LogP contribution in [0.4, 0.5) is 0 Å². The molecule has 1 saturated heterocycles. The van der Waals surface area contributed by atoms with Crippen molar-refractivity contribution < 1.29 is 4.84 Å². The van der Waals surface area contributed by atoms with Crippen molar-refractivity contribution in [1.82, 2.24) is 5.06 Å². The van der Waals surface area contributed by atoms with E-state index in [9.17, 15) is 0 Å². The molecule has 3 aliphatic rings. The Morgan fingerprint density at radius 3 is 2.35 bits per heavy atom. The van der Waals surface area contributed by atoms with Crippen LogP contribution >= 0.6 is 0 Å². The minimum atomic E-state index is 0.414. The molecule has 2 aromatic carbocycles. The van der Waals surface area contributed by atoms with Crippen LogP contribution in [0.3, 0.4) is 0 Å². The maximum atomic E-state index is 6.52. The minimum absolute atomic E-state index is 0.414. The zero-order valence-corrected chi connectivity index (χ0v) is 13.3. The molecule has 2 saturated carbocycles. The molecule has 23 heavy (non-hydrogen) atoms. The van der Waals surface area contributed by atoms with Crippen molar-refractivity contribution in [3.05, 3.63) is 71.8 Å². The number of fused-ring (bicyclic) bond motifs is 5. The van der Waals surface area contributed by atoms with Gasteiger partial charge in [-0.1, -0.05) is 60.7 Å². The molecule has 5 atom stereocenters. The molecule has 2 aromatic rings. The summed E-state index contributed by atoms with van der Waals surface area (Å²) in [6.07, 6.45) is 4.60. The molecule has 0 unspecified atom stereocenters. The topological polar surface area (TPSA) is 12.5 Å². The summed E-state index contributed by atoms with van der Waals surface area (Å²) in [6, 6.07) is 22.1. The van der Waals surface area contributed by atoms with Gasteiger partial charge in [-0.15, -0.1) is 0 Å². The van der Waals surface area contributed by atoms with Crippen molar-refractivity contribution >= 4 is 0 Å². The molecule has 2 aliphatic carbocycles. The average Bonchev–Trinajstić information content (AvgIpc) is 3.28. The third kappa shape index (κ3) is 2.24. The maximum absolute atomic E-state index is 6.52. The van der Waals surface area contributed by atoms with Gasteiger partial charge in [-0.3, -0.25) is 4.84 Å². The van der Waals surface area contributed by atoms with Gasteiger partial charge in [0.1, 0.15) is 0 Å². The fourth-order valence-electron chi connectivity index (χ4n) is 5.23. The van der Waals surface area contributed by atoms with Gasteiger partial charge >= 0.3 is 0 Å². The predicted octanol–water partition coefficient (Wildman–Crippen LogP) is 4.59. The van der Waals surface area contributed by atoms with E-state index in [0.29, 0.717) is 18.1 Å². The van der Waals surface area contributed by atoms with Crippen molar-refractivity contribution in [2.75, 3.05) is 0 Å². The van der Waals surface area contributed by atoms with Gasteiger partial charge in [-0.25, -0.2) is 0 Å². The van der Waals surface area contributed by atoms with Gasteiger partial charge in [0.25, 0.3) is 0 Å².